The molecule has 0 saturated carbocycles. The summed E-state index contributed by atoms with van der Waals surface area (Å²) in [6, 6.07) is 13.9. The minimum Gasteiger partial charge on any atom is -0.478 e. The number of hydrogen-bond donors (Lipinski definition) is 3. The summed E-state index contributed by atoms with van der Waals surface area (Å²) in [7, 11) is 0. The van der Waals surface area contributed by atoms with E-state index in [1.807, 2.05) is 31.2 Å². The van der Waals surface area contributed by atoms with Crippen LogP contribution in [0.15, 0.2) is 42.5 Å². The van der Waals surface area contributed by atoms with Gasteiger partial charge in [0, 0.05) is 11.6 Å². The number of carbonyl (C=O) groups is 1. The van der Waals surface area contributed by atoms with Crippen molar-refractivity contribution in [1.29, 1.82) is 0 Å². The quantitative estimate of drug-likeness (QED) is 0.691. The maximum atomic E-state index is 11.6. The SMILES string of the molecule is CCCC(O)C1Nc2cc(C)c(C(=O)O)cc2C1CCc1ccccc1. The molecule has 4 heteroatoms. The second-order valence-electron chi connectivity index (χ2n) is 7.22. The highest BCUT2D eigenvalue weighted by Crippen LogP contribution is 2.42. The Morgan fingerprint density at radius 2 is 1.96 bits per heavy atom. The number of anilines is 1. The number of benzene rings is 2. The van der Waals surface area contributed by atoms with E-state index < -0.39 is 12.1 Å². The number of hydrogen-bond acceptors (Lipinski definition) is 3. The smallest absolute Gasteiger partial charge is 0.335 e. The molecule has 3 unspecified atom stereocenters. The van der Waals surface area contributed by atoms with E-state index in [-0.39, 0.29) is 12.0 Å². The van der Waals surface area contributed by atoms with E-state index >= 15 is 0 Å². The van der Waals surface area contributed by atoms with Gasteiger partial charge in [0.2, 0.25) is 0 Å². The number of aromatic carboxylic acids is 1. The molecule has 0 aliphatic carbocycles. The van der Waals surface area contributed by atoms with E-state index in [4.69, 9.17) is 0 Å². The highest BCUT2D eigenvalue weighted by Gasteiger charge is 2.36. The second kappa shape index (κ2) is 7.92. The molecule has 0 radical (unpaired) electrons. The average molecular weight is 353 g/mol. The van der Waals surface area contributed by atoms with Crippen molar-refractivity contribution in [2.45, 2.75) is 57.6 Å². The van der Waals surface area contributed by atoms with Gasteiger partial charge in [-0.05, 0) is 55.0 Å². The molecule has 1 heterocycles. The maximum Gasteiger partial charge on any atom is 0.335 e. The Morgan fingerprint density at radius 1 is 1.23 bits per heavy atom. The van der Waals surface area contributed by atoms with Gasteiger partial charge >= 0.3 is 5.97 Å². The summed E-state index contributed by atoms with van der Waals surface area (Å²) < 4.78 is 0. The first-order valence-electron chi connectivity index (χ1n) is 9.37. The molecule has 3 N–H and O–H groups in total. The average Bonchev–Trinajstić information content (AvgIpc) is 2.97. The summed E-state index contributed by atoms with van der Waals surface area (Å²) in [6.07, 6.45) is 2.98. The summed E-state index contributed by atoms with van der Waals surface area (Å²) >= 11 is 0. The fraction of sp³-hybridized carbons (Fsp3) is 0.409. The molecule has 26 heavy (non-hydrogen) atoms. The van der Waals surface area contributed by atoms with E-state index in [2.05, 4.69) is 24.4 Å². The fourth-order valence-corrected chi connectivity index (χ4v) is 4.00. The standard InChI is InChI=1S/C22H27NO3/c1-3-7-20(24)21-16(11-10-15-8-5-4-6-9-15)18-13-17(22(25)26)14(2)12-19(18)23-21/h4-6,8-9,12-13,16,20-21,23-24H,3,7,10-11H2,1-2H3,(H,25,26). The molecule has 0 saturated heterocycles. The van der Waals surface area contributed by atoms with Crippen LogP contribution in [0.25, 0.3) is 0 Å². The number of aliphatic hydroxyl groups is 1. The Kier molecular flexibility index (Phi) is 5.62. The Balaban J connectivity index is 1.91. The highest BCUT2D eigenvalue weighted by molar-refractivity contribution is 5.91. The van der Waals surface area contributed by atoms with Gasteiger partial charge in [-0.15, -0.1) is 0 Å². The van der Waals surface area contributed by atoms with Crippen molar-refractivity contribution in [2.24, 2.45) is 0 Å². The van der Waals surface area contributed by atoms with Crippen molar-refractivity contribution >= 4 is 11.7 Å². The van der Waals surface area contributed by atoms with Crippen molar-refractivity contribution in [3.05, 3.63) is 64.7 Å². The summed E-state index contributed by atoms with van der Waals surface area (Å²) in [5, 5.41) is 23.6. The third kappa shape index (κ3) is 3.75. The van der Waals surface area contributed by atoms with Crippen LogP contribution in [-0.4, -0.2) is 28.3 Å². The highest BCUT2D eigenvalue weighted by atomic mass is 16.4. The molecule has 0 bridgehead atoms. The predicted octanol–water partition coefficient (Wildman–Crippen LogP) is 4.36. The number of rotatable bonds is 7. The van der Waals surface area contributed by atoms with E-state index in [9.17, 15) is 15.0 Å². The van der Waals surface area contributed by atoms with E-state index in [0.29, 0.717) is 5.56 Å². The minimum atomic E-state index is -0.898. The maximum absolute atomic E-state index is 11.6. The Labute approximate surface area is 154 Å². The minimum absolute atomic E-state index is 0.0721. The largest absolute Gasteiger partial charge is 0.478 e. The summed E-state index contributed by atoms with van der Waals surface area (Å²) in [6.45, 7) is 3.89. The van der Waals surface area contributed by atoms with Crippen molar-refractivity contribution < 1.29 is 15.0 Å². The first-order chi connectivity index (χ1) is 12.5. The van der Waals surface area contributed by atoms with E-state index in [0.717, 1.165) is 42.5 Å². The van der Waals surface area contributed by atoms with Gasteiger partial charge < -0.3 is 15.5 Å². The van der Waals surface area contributed by atoms with E-state index in [1.54, 1.807) is 6.07 Å². The number of aliphatic hydroxyl groups excluding tert-OH is 1. The Hall–Kier alpha value is -2.33. The lowest BCUT2D eigenvalue weighted by Crippen LogP contribution is -2.34. The molecule has 4 nitrogen and oxygen atoms in total. The van der Waals surface area contributed by atoms with Gasteiger partial charge in [-0.25, -0.2) is 4.79 Å². The zero-order valence-electron chi connectivity index (χ0n) is 15.4. The van der Waals surface area contributed by atoms with Gasteiger partial charge in [0.25, 0.3) is 0 Å². The van der Waals surface area contributed by atoms with Crippen LogP contribution in [0.5, 0.6) is 0 Å². The molecule has 0 fully saturated rings. The van der Waals surface area contributed by atoms with Gasteiger partial charge in [-0.3, -0.25) is 0 Å². The molecular formula is C22H27NO3. The number of fused-ring (bicyclic) bond motifs is 1. The van der Waals surface area contributed by atoms with Crippen LogP contribution in [0.2, 0.25) is 0 Å². The van der Waals surface area contributed by atoms with Gasteiger partial charge in [0.1, 0.15) is 0 Å². The molecular weight excluding hydrogens is 326 g/mol. The summed E-state index contributed by atoms with van der Waals surface area (Å²) in [5.41, 5.74) is 4.34. The lowest BCUT2D eigenvalue weighted by molar-refractivity contribution is 0.0696. The predicted molar refractivity (Wildman–Crippen MR) is 104 cm³/mol. The third-order valence-electron chi connectivity index (χ3n) is 5.37. The fourth-order valence-electron chi connectivity index (χ4n) is 4.00. The third-order valence-corrected chi connectivity index (χ3v) is 5.37. The van der Waals surface area contributed by atoms with Crippen LogP contribution in [0.3, 0.4) is 0 Å². The summed E-state index contributed by atoms with van der Waals surface area (Å²) in [5.74, 6) is -0.796. The van der Waals surface area contributed by atoms with Crippen molar-refractivity contribution in [1.82, 2.24) is 0 Å². The zero-order valence-corrected chi connectivity index (χ0v) is 15.4. The monoisotopic (exact) mass is 353 g/mol. The molecule has 138 valence electrons. The summed E-state index contributed by atoms with van der Waals surface area (Å²) in [4.78, 5) is 11.6. The van der Waals surface area contributed by atoms with Gasteiger partial charge in [0.05, 0.1) is 17.7 Å². The lowest BCUT2D eigenvalue weighted by Gasteiger charge is -2.25. The molecule has 1 aliphatic heterocycles. The van der Waals surface area contributed by atoms with Crippen LogP contribution in [0.4, 0.5) is 5.69 Å². The Bertz CT molecular complexity index is 772. The topological polar surface area (TPSA) is 69.6 Å². The molecule has 2 aromatic carbocycles. The van der Waals surface area contributed by atoms with Gasteiger partial charge in [0.15, 0.2) is 0 Å². The number of nitrogens with one attached hydrogen (secondary N) is 1. The van der Waals surface area contributed by atoms with Crippen molar-refractivity contribution in [2.75, 3.05) is 5.32 Å². The number of carboxylic acids is 1. The van der Waals surface area contributed by atoms with Crippen molar-refractivity contribution in [3.63, 3.8) is 0 Å². The second-order valence-corrected chi connectivity index (χ2v) is 7.22. The van der Waals surface area contributed by atoms with Gasteiger partial charge in [-0.2, -0.15) is 0 Å². The first-order valence-corrected chi connectivity index (χ1v) is 9.37. The van der Waals surface area contributed by atoms with Crippen LogP contribution >= 0.6 is 0 Å². The Morgan fingerprint density at radius 3 is 2.62 bits per heavy atom. The van der Waals surface area contributed by atoms with E-state index in [1.165, 1.54) is 5.56 Å². The molecule has 3 atom stereocenters. The molecule has 3 rings (SSSR count). The molecule has 0 amide bonds. The zero-order chi connectivity index (χ0) is 18.7. The normalized spacial score (nSPS) is 19.7. The van der Waals surface area contributed by atoms with Gasteiger partial charge in [-0.1, -0.05) is 43.7 Å². The molecule has 0 aromatic heterocycles. The van der Waals surface area contributed by atoms with Crippen LogP contribution < -0.4 is 5.32 Å². The molecule has 1 aliphatic rings. The molecule has 2 aromatic rings. The number of aryl methyl sites for hydroxylation is 2. The number of carboxylic acid groups (broad SMARTS) is 1. The lowest BCUT2D eigenvalue weighted by atomic mass is 9.84. The van der Waals surface area contributed by atoms with Crippen LogP contribution in [-0.2, 0) is 6.42 Å². The molecule has 0 spiro atoms. The van der Waals surface area contributed by atoms with Crippen molar-refractivity contribution in [3.8, 4) is 0 Å². The van der Waals surface area contributed by atoms with Crippen LogP contribution in [0.1, 0.15) is 59.2 Å². The van der Waals surface area contributed by atoms with Crippen LogP contribution in [0, 0.1) is 6.92 Å². The first kappa shape index (κ1) is 18.5.